The molecule has 8 heteroatoms. The SMILES string of the molecule is COc1ccc(OC)c([C@H](C)NC(=O)COC(=O)c2c(Cl)cccc2Cl)c1. The van der Waals surface area contributed by atoms with Crippen LogP contribution in [0, 0.1) is 0 Å². The number of ether oxygens (including phenoxy) is 3. The van der Waals surface area contributed by atoms with E-state index < -0.39 is 24.5 Å². The molecule has 27 heavy (non-hydrogen) atoms. The van der Waals surface area contributed by atoms with Crippen molar-refractivity contribution < 1.29 is 23.8 Å². The van der Waals surface area contributed by atoms with Gasteiger partial charge in [0, 0.05) is 5.56 Å². The highest BCUT2D eigenvalue weighted by Gasteiger charge is 2.19. The molecule has 0 radical (unpaired) electrons. The highest BCUT2D eigenvalue weighted by atomic mass is 35.5. The van der Waals surface area contributed by atoms with Gasteiger partial charge in [-0.15, -0.1) is 0 Å². The Kier molecular flexibility index (Phi) is 7.33. The lowest BCUT2D eigenvalue weighted by Crippen LogP contribution is -2.31. The molecule has 0 unspecified atom stereocenters. The quantitative estimate of drug-likeness (QED) is 0.695. The van der Waals surface area contributed by atoms with E-state index in [0.29, 0.717) is 11.5 Å². The third-order valence-electron chi connectivity index (χ3n) is 3.78. The van der Waals surface area contributed by atoms with Gasteiger partial charge in [0.25, 0.3) is 5.91 Å². The van der Waals surface area contributed by atoms with E-state index in [1.54, 1.807) is 38.3 Å². The zero-order valence-electron chi connectivity index (χ0n) is 15.0. The molecule has 144 valence electrons. The molecule has 0 aliphatic carbocycles. The molecule has 0 bridgehead atoms. The lowest BCUT2D eigenvalue weighted by atomic mass is 10.1. The summed E-state index contributed by atoms with van der Waals surface area (Å²) in [5.74, 6) is -0.0219. The van der Waals surface area contributed by atoms with Gasteiger partial charge in [-0.25, -0.2) is 4.79 Å². The third kappa shape index (κ3) is 5.28. The summed E-state index contributed by atoms with van der Waals surface area (Å²) in [5, 5.41) is 3.05. The summed E-state index contributed by atoms with van der Waals surface area (Å²) in [6, 6.07) is 9.51. The van der Waals surface area contributed by atoms with Crippen LogP contribution in [0.5, 0.6) is 11.5 Å². The van der Waals surface area contributed by atoms with Crippen LogP contribution in [0.4, 0.5) is 0 Å². The Morgan fingerprint density at radius 1 is 1.07 bits per heavy atom. The van der Waals surface area contributed by atoms with Gasteiger partial charge in [0.1, 0.15) is 11.5 Å². The van der Waals surface area contributed by atoms with Crippen LogP contribution in [0.2, 0.25) is 10.0 Å². The predicted molar refractivity (Wildman–Crippen MR) is 103 cm³/mol. The number of amides is 1. The van der Waals surface area contributed by atoms with Gasteiger partial charge < -0.3 is 19.5 Å². The van der Waals surface area contributed by atoms with Gasteiger partial charge in [-0.1, -0.05) is 29.3 Å². The molecule has 2 aromatic rings. The molecule has 0 aliphatic heterocycles. The van der Waals surface area contributed by atoms with Crippen molar-refractivity contribution in [3.05, 3.63) is 57.6 Å². The van der Waals surface area contributed by atoms with Crippen LogP contribution in [0.3, 0.4) is 0 Å². The first-order chi connectivity index (χ1) is 12.9. The van der Waals surface area contributed by atoms with Gasteiger partial charge in [-0.2, -0.15) is 0 Å². The van der Waals surface area contributed by atoms with Crippen molar-refractivity contribution in [1.29, 1.82) is 0 Å². The van der Waals surface area contributed by atoms with E-state index in [1.807, 2.05) is 0 Å². The summed E-state index contributed by atoms with van der Waals surface area (Å²) in [7, 11) is 3.09. The van der Waals surface area contributed by atoms with E-state index >= 15 is 0 Å². The molecule has 2 aromatic carbocycles. The molecule has 0 fully saturated rings. The standard InChI is InChI=1S/C19H19Cl2NO5/c1-11(13-9-12(25-2)7-8-16(13)26-3)22-17(23)10-27-19(24)18-14(20)5-4-6-15(18)21/h4-9,11H,10H2,1-3H3,(H,22,23)/t11-/m0/s1. The molecule has 0 aromatic heterocycles. The van der Waals surface area contributed by atoms with E-state index in [-0.39, 0.29) is 15.6 Å². The molecular formula is C19H19Cl2NO5. The monoisotopic (exact) mass is 411 g/mol. The van der Waals surface area contributed by atoms with Gasteiger partial charge in [-0.05, 0) is 37.3 Å². The number of halogens is 2. The lowest BCUT2D eigenvalue weighted by Gasteiger charge is -2.18. The Labute approximate surface area is 167 Å². The van der Waals surface area contributed by atoms with E-state index in [4.69, 9.17) is 37.4 Å². The van der Waals surface area contributed by atoms with Gasteiger partial charge in [0.05, 0.1) is 35.9 Å². The summed E-state index contributed by atoms with van der Waals surface area (Å²) >= 11 is 11.9. The number of benzene rings is 2. The Morgan fingerprint density at radius 2 is 1.74 bits per heavy atom. The summed E-state index contributed by atoms with van der Waals surface area (Å²) < 4.78 is 15.5. The number of nitrogens with one attached hydrogen (secondary N) is 1. The Balaban J connectivity index is 2.00. The largest absolute Gasteiger partial charge is 0.497 e. The van der Waals surface area contributed by atoms with Gasteiger partial charge in [-0.3, -0.25) is 4.79 Å². The van der Waals surface area contributed by atoms with Crippen molar-refractivity contribution in [3.63, 3.8) is 0 Å². The van der Waals surface area contributed by atoms with Gasteiger partial charge in [0.2, 0.25) is 0 Å². The molecule has 6 nitrogen and oxygen atoms in total. The molecule has 2 rings (SSSR count). The average Bonchev–Trinajstić information content (AvgIpc) is 2.65. The number of hydrogen-bond donors (Lipinski definition) is 1. The second kappa shape index (κ2) is 9.48. The normalized spacial score (nSPS) is 11.4. The maximum absolute atomic E-state index is 12.2. The number of methoxy groups -OCH3 is 2. The first-order valence-electron chi connectivity index (χ1n) is 7.99. The van der Waals surface area contributed by atoms with E-state index in [2.05, 4.69) is 5.32 Å². The van der Waals surface area contributed by atoms with Crippen molar-refractivity contribution in [1.82, 2.24) is 5.32 Å². The molecule has 0 saturated carbocycles. The van der Waals surface area contributed by atoms with Crippen LogP contribution in [0.1, 0.15) is 28.9 Å². The van der Waals surface area contributed by atoms with Crippen LogP contribution < -0.4 is 14.8 Å². The van der Waals surface area contributed by atoms with Crippen LogP contribution in [-0.4, -0.2) is 32.7 Å². The maximum Gasteiger partial charge on any atom is 0.341 e. The second-order valence-electron chi connectivity index (χ2n) is 5.57. The molecule has 1 amide bonds. The first-order valence-corrected chi connectivity index (χ1v) is 8.75. The Hall–Kier alpha value is -2.44. The highest BCUT2D eigenvalue weighted by molar-refractivity contribution is 6.39. The Morgan fingerprint density at radius 3 is 2.33 bits per heavy atom. The number of rotatable bonds is 7. The minimum absolute atomic E-state index is 0.0242. The average molecular weight is 412 g/mol. The summed E-state index contributed by atoms with van der Waals surface area (Å²) in [6.07, 6.45) is 0. The van der Waals surface area contributed by atoms with Crippen molar-refractivity contribution >= 4 is 35.1 Å². The smallest absolute Gasteiger partial charge is 0.341 e. The van der Waals surface area contributed by atoms with Crippen LogP contribution in [-0.2, 0) is 9.53 Å². The fraction of sp³-hybridized carbons (Fsp3) is 0.263. The second-order valence-corrected chi connectivity index (χ2v) is 6.38. The Bertz CT molecular complexity index is 821. The van der Waals surface area contributed by atoms with Gasteiger partial charge >= 0.3 is 5.97 Å². The summed E-state index contributed by atoms with van der Waals surface area (Å²) in [4.78, 5) is 24.3. The maximum atomic E-state index is 12.2. The molecular weight excluding hydrogens is 393 g/mol. The minimum Gasteiger partial charge on any atom is -0.497 e. The predicted octanol–water partition coefficient (Wildman–Crippen LogP) is 4.04. The summed E-state index contributed by atoms with van der Waals surface area (Å²) in [5.41, 5.74) is 0.752. The van der Waals surface area contributed by atoms with Crippen molar-refractivity contribution in [2.24, 2.45) is 0 Å². The van der Waals surface area contributed by atoms with Crippen molar-refractivity contribution in [3.8, 4) is 11.5 Å². The fourth-order valence-electron chi connectivity index (χ4n) is 2.43. The molecule has 0 aliphatic rings. The van der Waals surface area contributed by atoms with Gasteiger partial charge in [0.15, 0.2) is 6.61 Å². The van der Waals surface area contributed by atoms with Crippen molar-refractivity contribution in [2.45, 2.75) is 13.0 Å². The molecule has 0 spiro atoms. The van der Waals surface area contributed by atoms with E-state index in [9.17, 15) is 9.59 Å². The van der Waals surface area contributed by atoms with Crippen LogP contribution >= 0.6 is 23.2 Å². The molecule has 0 saturated heterocycles. The van der Waals surface area contributed by atoms with Crippen LogP contribution in [0.25, 0.3) is 0 Å². The van der Waals surface area contributed by atoms with Crippen molar-refractivity contribution in [2.75, 3.05) is 20.8 Å². The van der Waals surface area contributed by atoms with Crippen LogP contribution in [0.15, 0.2) is 36.4 Å². The lowest BCUT2D eigenvalue weighted by molar-refractivity contribution is -0.124. The number of carbonyl (C=O) groups is 2. The topological polar surface area (TPSA) is 73.9 Å². The molecule has 1 atom stereocenters. The number of carbonyl (C=O) groups excluding carboxylic acids is 2. The zero-order valence-corrected chi connectivity index (χ0v) is 16.6. The number of esters is 1. The summed E-state index contributed by atoms with van der Waals surface area (Å²) in [6.45, 7) is 1.30. The van der Waals surface area contributed by atoms with E-state index in [0.717, 1.165) is 5.56 Å². The highest BCUT2D eigenvalue weighted by Crippen LogP contribution is 2.29. The minimum atomic E-state index is -0.771. The third-order valence-corrected chi connectivity index (χ3v) is 4.41. The first kappa shape index (κ1) is 20.9. The molecule has 1 N–H and O–H groups in total. The van der Waals surface area contributed by atoms with E-state index in [1.165, 1.54) is 19.2 Å². The fourth-order valence-corrected chi connectivity index (χ4v) is 2.99. The zero-order chi connectivity index (χ0) is 20.0. The molecule has 0 heterocycles. The number of hydrogen-bond acceptors (Lipinski definition) is 5.